The summed E-state index contributed by atoms with van der Waals surface area (Å²) < 4.78 is 25.8. The number of sulfonamides is 1. The molecule has 0 spiro atoms. The van der Waals surface area contributed by atoms with Gasteiger partial charge in [0.05, 0.1) is 24.7 Å². The number of rotatable bonds is 4. The Balaban J connectivity index is 0.000000463. The van der Waals surface area contributed by atoms with Crippen molar-refractivity contribution in [3.8, 4) is 0 Å². The van der Waals surface area contributed by atoms with Crippen LogP contribution < -0.4 is 5.14 Å². The Kier molecular flexibility index (Phi) is 8.68. The molecule has 0 bridgehead atoms. The van der Waals surface area contributed by atoms with Gasteiger partial charge in [-0.3, -0.25) is 4.98 Å². The van der Waals surface area contributed by atoms with Crippen molar-refractivity contribution in [2.45, 2.75) is 52.2 Å². The maximum atomic E-state index is 9.41. The van der Waals surface area contributed by atoms with E-state index in [2.05, 4.69) is 39.9 Å². The Hall–Kier alpha value is -0.500. The highest BCUT2D eigenvalue weighted by Crippen LogP contribution is 2.31. The molecule has 0 unspecified atom stereocenters. The number of halogens is 1. The molecule has 2 rings (SSSR count). The predicted octanol–water partition coefficient (Wildman–Crippen LogP) is 3.48. The van der Waals surface area contributed by atoms with Crippen molar-refractivity contribution in [2.75, 3.05) is 6.26 Å². The summed E-state index contributed by atoms with van der Waals surface area (Å²) in [6.45, 7) is 5.28. The zero-order valence-electron chi connectivity index (χ0n) is 14.0. The van der Waals surface area contributed by atoms with Gasteiger partial charge in [0.15, 0.2) is 0 Å². The minimum Gasteiger partial charge on any atom is -0.372 e. The van der Waals surface area contributed by atoms with E-state index in [-0.39, 0.29) is 0 Å². The van der Waals surface area contributed by atoms with Gasteiger partial charge in [-0.05, 0) is 65.6 Å². The van der Waals surface area contributed by atoms with Crippen LogP contribution in [0.5, 0.6) is 0 Å². The minimum absolute atomic E-state index is 0.425. The molecule has 0 saturated heterocycles. The first-order chi connectivity index (χ1) is 10.7. The zero-order chi connectivity index (χ0) is 17.5. The van der Waals surface area contributed by atoms with Crippen molar-refractivity contribution in [1.29, 1.82) is 0 Å². The van der Waals surface area contributed by atoms with E-state index < -0.39 is 10.0 Å². The van der Waals surface area contributed by atoms with Gasteiger partial charge in [-0.15, -0.1) is 0 Å². The van der Waals surface area contributed by atoms with Crippen molar-refractivity contribution >= 4 is 26.0 Å². The number of primary sulfonamides is 1. The fourth-order valence-electron chi connectivity index (χ4n) is 2.64. The average molecular weight is 407 g/mol. The molecule has 0 aromatic carbocycles. The van der Waals surface area contributed by atoms with Crippen LogP contribution in [-0.2, 0) is 21.4 Å². The summed E-state index contributed by atoms with van der Waals surface area (Å²) in [5, 5.41) is 4.33. The number of hydrogen-bond acceptors (Lipinski definition) is 4. The SMILES string of the molecule is CC(C)C1CCC(OCc2ncccc2Br)CC1.CS(N)(=O)=O. The Labute approximate surface area is 148 Å². The van der Waals surface area contributed by atoms with E-state index >= 15 is 0 Å². The van der Waals surface area contributed by atoms with Crippen molar-refractivity contribution < 1.29 is 13.2 Å². The van der Waals surface area contributed by atoms with Crippen LogP contribution in [0.1, 0.15) is 45.2 Å². The summed E-state index contributed by atoms with van der Waals surface area (Å²) in [6, 6.07) is 3.95. The van der Waals surface area contributed by atoms with Gasteiger partial charge in [-0.2, -0.15) is 0 Å². The van der Waals surface area contributed by atoms with E-state index in [1.807, 2.05) is 18.3 Å². The molecule has 0 aliphatic heterocycles. The van der Waals surface area contributed by atoms with E-state index in [1.54, 1.807) is 0 Å². The third-order valence-electron chi connectivity index (χ3n) is 3.95. The summed E-state index contributed by atoms with van der Waals surface area (Å²) in [6.07, 6.45) is 8.21. The molecule has 0 radical (unpaired) electrons. The van der Waals surface area contributed by atoms with Crippen molar-refractivity contribution in [3.05, 3.63) is 28.5 Å². The lowest BCUT2D eigenvalue weighted by molar-refractivity contribution is 0.000927. The van der Waals surface area contributed by atoms with Crippen LogP contribution in [0.4, 0.5) is 0 Å². The number of hydrogen-bond donors (Lipinski definition) is 1. The number of ether oxygens (including phenoxy) is 1. The molecule has 1 aliphatic carbocycles. The van der Waals surface area contributed by atoms with Crippen LogP contribution in [-0.4, -0.2) is 25.8 Å². The molecule has 5 nitrogen and oxygen atoms in total. The molecule has 1 heterocycles. The van der Waals surface area contributed by atoms with Crippen LogP contribution in [0.25, 0.3) is 0 Å². The van der Waals surface area contributed by atoms with Gasteiger partial charge < -0.3 is 4.74 Å². The quantitative estimate of drug-likeness (QED) is 0.829. The van der Waals surface area contributed by atoms with E-state index in [0.29, 0.717) is 12.7 Å². The van der Waals surface area contributed by atoms with Crippen LogP contribution in [0.3, 0.4) is 0 Å². The van der Waals surface area contributed by atoms with E-state index in [1.165, 1.54) is 25.7 Å². The molecule has 1 aromatic heterocycles. The molecule has 1 saturated carbocycles. The highest BCUT2D eigenvalue weighted by Gasteiger charge is 2.23. The van der Waals surface area contributed by atoms with Crippen molar-refractivity contribution in [3.63, 3.8) is 0 Å². The maximum Gasteiger partial charge on any atom is 0.206 e. The Morgan fingerprint density at radius 1 is 1.35 bits per heavy atom. The van der Waals surface area contributed by atoms with Gasteiger partial charge >= 0.3 is 0 Å². The molecule has 23 heavy (non-hydrogen) atoms. The normalized spacial score (nSPS) is 21.7. The second-order valence-corrected chi connectivity index (χ2v) is 8.87. The first kappa shape index (κ1) is 20.5. The molecule has 0 amide bonds. The summed E-state index contributed by atoms with van der Waals surface area (Å²) in [4.78, 5) is 4.33. The molecule has 7 heteroatoms. The highest BCUT2D eigenvalue weighted by atomic mass is 79.9. The highest BCUT2D eigenvalue weighted by molar-refractivity contribution is 9.10. The number of nitrogens with two attached hydrogens (primary N) is 1. The Morgan fingerprint density at radius 2 is 1.91 bits per heavy atom. The van der Waals surface area contributed by atoms with Crippen LogP contribution >= 0.6 is 15.9 Å². The fraction of sp³-hybridized carbons (Fsp3) is 0.688. The van der Waals surface area contributed by atoms with Crippen LogP contribution in [0, 0.1) is 11.8 Å². The monoisotopic (exact) mass is 406 g/mol. The topological polar surface area (TPSA) is 82.3 Å². The standard InChI is InChI=1S/C15H22BrNO.CH5NO2S/c1-11(2)12-5-7-13(8-6-12)18-10-15-14(16)4-3-9-17-15;1-5(2,3)4/h3-4,9,11-13H,5-8,10H2,1-2H3;1H3,(H2,2,3,4). The predicted molar refractivity (Wildman–Crippen MR) is 96.3 cm³/mol. The van der Waals surface area contributed by atoms with Gasteiger partial charge in [0, 0.05) is 10.7 Å². The molecular formula is C16H27BrN2O3S. The lowest BCUT2D eigenvalue weighted by atomic mass is 9.80. The van der Waals surface area contributed by atoms with Gasteiger partial charge in [0.1, 0.15) is 0 Å². The molecule has 1 aliphatic rings. The van der Waals surface area contributed by atoms with E-state index in [9.17, 15) is 8.42 Å². The van der Waals surface area contributed by atoms with Crippen LogP contribution in [0.15, 0.2) is 22.8 Å². The number of pyridine rings is 1. The van der Waals surface area contributed by atoms with E-state index in [4.69, 9.17) is 4.74 Å². The van der Waals surface area contributed by atoms with Gasteiger partial charge in [0.2, 0.25) is 10.0 Å². The molecule has 1 aromatic rings. The van der Waals surface area contributed by atoms with E-state index in [0.717, 1.165) is 28.3 Å². The molecular weight excluding hydrogens is 380 g/mol. The maximum absolute atomic E-state index is 9.41. The zero-order valence-corrected chi connectivity index (χ0v) is 16.4. The second kappa shape index (κ2) is 9.71. The summed E-state index contributed by atoms with van der Waals surface area (Å²) in [5.74, 6) is 1.71. The summed E-state index contributed by atoms with van der Waals surface area (Å²) >= 11 is 3.51. The minimum atomic E-state index is -3.17. The third-order valence-corrected chi connectivity index (χ3v) is 4.67. The Bertz CT molecular complexity index is 562. The molecule has 0 atom stereocenters. The lowest BCUT2D eigenvalue weighted by Crippen LogP contribution is -2.24. The van der Waals surface area contributed by atoms with Gasteiger partial charge in [-0.25, -0.2) is 13.6 Å². The van der Waals surface area contributed by atoms with Crippen LogP contribution in [0.2, 0.25) is 0 Å². The second-order valence-electron chi connectivity index (χ2n) is 6.35. The largest absolute Gasteiger partial charge is 0.372 e. The average Bonchev–Trinajstić information content (AvgIpc) is 2.45. The number of aromatic nitrogens is 1. The third kappa shape index (κ3) is 9.39. The first-order valence-corrected chi connectivity index (χ1v) is 10.6. The molecule has 1 fully saturated rings. The number of nitrogens with zero attached hydrogens (tertiary/aromatic N) is 1. The first-order valence-electron chi connectivity index (χ1n) is 7.85. The van der Waals surface area contributed by atoms with Gasteiger partial charge in [0.25, 0.3) is 0 Å². The van der Waals surface area contributed by atoms with Crippen molar-refractivity contribution in [2.24, 2.45) is 17.0 Å². The molecule has 2 N–H and O–H groups in total. The van der Waals surface area contributed by atoms with Crippen molar-refractivity contribution in [1.82, 2.24) is 4.98 Å². The summed E-state index contributed by atoms with van der Waals surface area (Å²) in [5.41, 5.74) is 1.00. The Morgan fingerprint density at radius 3 is 2.39 bits per heavy atom. The fourth-order valence-corrected chi connectivity index (χ4v) is 3.01. The van der Waals surface area contributed by atoms with Gasteiger partial charge in [-0.1, -0.05) is 13.8 Å². The molecule has 132 valence electrons. The summed E-state index contributed by atoms with van der Waals surface area (Å²) in [7, 11) is -3.17. The lowest BCUT2D eigenvalue weighted by Gasteiger charge is -2.30. The smallest absolute Gasteiger partial charge is 0.206 e.